The van der Waals surface area contributed by atoms with Crippen molar-refractivity contribution < 1.29 is 4.79 Å². The largest absolute Gasteiger partial charge is 0.297 e. The molecule has 1 aliphatic rings. The lowest BCUT2D eigenvalue weighted by atomic mass is 9.94. The maximum atomic E-state index is 12.0. The van der Waals surface area contributed by atoms with E-state index in [9.17, 15) is 9.59 Å². The molecule has 0 amide bonds. The van der Waals surface area contributed by atoms with Crippen LogP contribution in [0.2, 0.25) is 0 Å². The summed E-state index contributed by atoms with van der Waals surface area (Å²) >= 11 is 0. The minimum atomic E-state index is -0.389. The summed E-state index contributed by atoms with van der Waals surface area (Å²) in [5.74, 6) is 0.121. The first-order valence-corrected chi connectivity index (χ1v) is 6.94. The highest BCUT2D eigenvalue weighted by Gasteiger charge is 2.25. The third kappa shape index (κ3) is 2.41. The maximum Gasteiger partial charge on any atom is 0.267 e. The van der Waals surface area contributed by atoms with Crippen LogP contribution >= 0.6 is 0 Å². The minimum Gasteiger partial charge on any atom is -0.297 e. The molecule has 1 saturated carbocycles. The lowest BCUT2D eigenvalue weighted by Gasteiger charge is -2.21. The fraction of sp³-hybridized carbons (Fsp3) is 0.312. The Kier molecular flexibility index (Phi) is 3.46. The standard InChI is InChI=1S/C16H16N2O2/c19-15-9-5-4-8-14(15)18-16(20)11-10-13(17-18)12-6-2-1-3-7-12/h1-3,6-7,10-11,14H,4-5,8-9H2. The van der Waals surface area contributed by atoms with Crippen molar-refractivity contribution in [2.75, 3.05) is 0 Å². The van der Waals surface area contributed by atoms with Crippen LogP contribution in [0.5, 0.6) is 0 Å². The van der Waals surface area contributed by atoms with E-state index in [2.05, 4.69) is 5.10 Å². The second kappa shape index (κ2) is 5.41. The Hall–Kier alpha value is -2.23. The molecule has 20 heavy (non-hydrogen) atoms. The quantitative estimate of drug-likeness (QED) is 0.841. The van der Waals surface area contributed by atoms with Crippen LogP contribution in [-0.2, 0) is 4.79 Å². The van der Waals surface area contributed by atoms with Crippen molar-refractivity contribution in [2.45, 2.75) is 31.7 Å². The molecule has 2 aromatic rings. The molecular formula is C16H16N2O2. The van der Waals surface area contributed by atoms with E-state index >= 15 is 0 Å². The van der Waals surface area contributed by atoms with Crippen LogP contribution in [0.3, 0.4) is 0 Å². The Morgan fingerprint density at radius 1 is 1.00 bits per heavy atom. The summed E-state index contributed by atoms with van der Waals surface area (Å²) in [6.45, 7) is 0. The molecule has 102 valence electrons. The van der Waals surface area contributed by atoms with Gasteiger partial charge in [0.1, 0.15) is 6.04 Å². The van der Waals surface area contributed by atoms with Crippen LogP contribution in [0, 0.1) is 0 Å². The Bertz CT molecular complexity index is 676. The maximum absolute atomic E-state index is 12.0. The van der Waals surface area contributed by atoms with Gasteiger partial charge in [0.2, 0.25) is 0 Å². The van der Waals surface area contributed by atoms with Crippen molar-refractivity contribution in [1.82, 2.24) is 9.78 Å². The van der Waals surface area contributed by atoms with Gasteiger partial charge in [-0.2, -0.15) is 5.10 Å². The van der Waals surface area contributed by atoms with E-state index in [-0.39, 0.29) is 17.4 Å². The number of rotatable bonds is 2. The number of Topliss-reactive ketones (excluding diaryl/α,β-unsaturated/α-hetero) is 1. The Balaban J connectivity index is 2.03. The first-order chi connectivity index (χ1) is 9.75. The number of carbonyl (C=O) groups excluding carboxylic acids is 1. The summed E-state index contributed by atoms with van der Waals surface area (Å²) in [4.78, 5) is 24.0. The summed E-state index contributed by atoms with van der Waals surface area (Å²) in [6.07, 6.45) is 3.15. The van der Waals surface area contributed by atoms with Crippen molar-refractivity contribution >= 4 is 5.78 Å². The monoisotopic (exact) mass is 268 g/mol. The molecule has 1 atom stereocenters. The molecule has 4 heteroatoms. The van der Waals surface area contributed by atoms with E-state index in [1.54, 1.807) is 6.07 Å². The smallest absolute Gasteiger partial charge is 0.267 e. The van der Waals surface area contributed by atoms with Crippen LogP contribution < -0.4 is 5.56 Å². The van der Waals surface area contributed by atoms with E-state index in [1.807, 2.05) is 30.3 Å². The van der Waals surface area contributed by atoms with E-state index < -0.39 is 0 Å². The molecular weight excluding hydrogens is 252 g/mol. The molecule has 1 unspecified atom stereocenters. The van der Waals surface area contributed by atoms with Crippen LogP contribution in [0.4, 0.5) is 0 Å². The molecule has 0 spiro atoms. The van der Waals surface area contributed by atoms with Crippen molar-refractivity contribution in [3.63, 3.8) is 0 Å². The fourth-order valence-corrected chi connectivity index (χ4v) is 2.63. The molecule has 1 heterocycles. The zero-order chi connectivity index (χ0) is 13.9. The molecule has 1 aromatic carbocycles. The number of nitrogens with zero attached hydrogens (tertiary/aromatic N) is 2. The van der Waals surface area contributed by atoms with Crippen LogP contribution in [0.1, 0.15) is 31.7 Å². The third-order valence-corrected chi connectivity index (χ3v) is 3.71. The molecule has 0 N–H and O–H groups in total. The van der Waals surface area contributed by atoms with Gasteiger partial charge in [-0.25, -0.2) is 4.68 Å². The SMILES string of the molecule is O=C1CCCCC1n1nc(-c2ccccc2)ccc1=O. The van der Waals surface area contributed by atoms with Crippen LogP contribution in [-0.4, -0.2) is 15.6 Å². The molecule has 3 rings (SSSR count). The van der Waals surface area contributed by atoms with Gasteiger partial charge in [0.25, 0.3) is 5.56 Å². The molecule has 1 fully saturated rings. The lowest BCUT2D eigenvalue weighted by Crippen LogP contribution is -2.33. The van der Waals surface area contributed by atoms with E-state index in [1.165, 1.54) is 10.7 Å². The highest BCUT2D eigenvalue weighted by molar-refractivity contribution is 5.83. The minimum absolute atomic E-state index is 0.121. The lowest BCUT2D eigenvalue weighted by molar-refractivity contribution is -0.124. The van der Waals surface area contributed by atoms with E-state index in [0.29, 0.717) is 12.8 Å². The van der Waals surface area contributed by atoms with Gasteiger partial charge >= 0.3 is 0 Å². The molecule has 0 saturated heterocycles. The summed E-state index contributed by atoms with van der Waals surface area (Å²) < 4.78 is 1.36. The number of ketones is 1. The van der Waals surface area contributed by atoms with Crippen molar-refractivity contribution in [1.29, 1.82) is 0 Å². The van der Waals surface area contributed by atoms with E-state index in [0.717, 1.165) is 24.1 Å². The Labute approximate surface area is 117 Å². The first kappa shape index (κ1) is 12.8. The summed E-state index contributed by atoms with van der Waals surface area (Å²) in [7, 11) is 0. The van der Waals surface area contributed by atoms with Gasteiger partial charge < -0.3 is 0 Å². The van der Waals surface area contributed by atoms with Gasteiger partial charge in [0, 0.05) is 18.1 Å². The summed E-state index contributed by atoms with van der Waals surface area (Å²) in [5, 5.41) is 4.40. The van der Waals surface area contributed by atoms with Gasteiger partial charge in [0.05, 0.1) is 5.69 Å². The highest BCUT2D eigenvalue weighted by atomic mass is 16.1. The zero-order valence-corrected chi connectivity index (χ0v) is 11.2. The number of benzene rings is 1. The van der Waals surface area contributed by atoms with Crippen molar-refractivity contribution in [3.05, 3.63) is 52.8 Å². The van der Waals surface area contributed by atoms with E-state index in [4.69, 9.17) is 0 Å². The topological polar surface area (TPSA) is 52.0 Å². The molecule has 0 aliphatic heterocycles. The number of hydrogen-bond donors (Lipinski definition) is 0. The van der Waals surface area contributed by atoms with Gasteiger partial charge in [-0.05, 0) is 18.9 Å². The number of hydrogen-bond acceptors (Lipinski definition) is 3. The second-order valence-electron chi connectivity index (χ2n) is 5.10. The normalized spacial score (nSPS) is 19.0. The second-order valence-corrected chi connectivity index (χ2v) is 5.10. The number of aromatic nitrogens is 2. The van der Waals surface area contributed by atoms with Gasteiger partial charge in [-0.15, -0.1) is 0 Å². The molecule has 1 aliphatic carbocycles. The molecule has 0 radical (unpaired) electrons. The zero-order valence-electron chi connectivity index (χ0n) is 11.2. The van der Waals surface area contributed by atoms with Crippen molar-refractivity contribution in [2.24, 2.45) is 0 Å². The highest BCUT2D eigenvalue weighted by Crippen LogP contribution is 2.24. The van der Waals surface area contributed by atoms with Gasteiger partial charge in [-0.3, -0.25) is 9.59 Å². The molecule has 0 bridgehead atoms. The first-order valence-electron chi connectivity index (χ1n) is 6.94. The average Bonchev–Trinajstić information content (AvgIpc) is 2.49. The van der Waals surface area contributed by atoms with Crippen LogP contribution in [0.15, 0.2) is 47.3 Å². The van der Waals surface area contributed by atoms with Gasteiger partial charge in [-0.1, -0.05) is 36.8 Å². The summed E-state index contributed by atoms with van der Waals surface area (Å²) in [5.41, 5.74) is 1.47. The fourth-order valence-electron chi connectivity index (χ4n) is 2.63. The van der Waals surface area contributed by atoms with Crippen molar-refractivity contribution in [3.8, 4) is 11.3 Å². The Morgan fingerprint density at radius 3 is 2.55 bits per heavy atom. The summed E-state index contributed by atoms with van der Waals surface area (Å²) in [6, 6.07) is 12.5. The predicted octanol–water partition coefficient (Wildman–Crippen LogP) is 2.59. The van der Waals surface area contributed by atoms with Crippen LogP contribution in [0.25, 0.3) is 11.3 Å². The van der Waals surface area contributed by atoms with Gasteiger partial charge in [0.15, 0.2) is 5.78 Å². The third-order valence-electron chi connectivity index (χ3n) is 3.71. The molecule has 4 nitrogen and oxygen atoms in total. The number of carbonyl (C=O) groups is 1. The Morgan fingerprint density at radius 2 is 1.80 bits per heavy atom. The molecule has 1 aromatic heterocycles. The predicted molar refractivity (Wildman–Crippen MR) is 76.4 cm³/mol. The average molecular weight is 268 g/mol.